The van der Waals surface area contributed by atoms with Crippen LogP contribution in [-0.2, 0) is 6.61 Å². The second kappa shape index (κ2) is 6.70. The minimum absolute atomic E-state index is 0.104. The molecule has 0 saturated heterocycles. The first-order valence-electron chi connectivity index (χ1n) is 5.99. The highest BCUT2D eigenvalue weighted by atomic mass is 35.5. The topological polar surface area (TPSA) is 55.8 Å². The van der Waals surface area contributed by atoms with Crippen molar-refractivity contribution in [1.29, 1.82) is 0 Å². The van der Waals surface area contributed by atoms with Gasteiger partial charge in [-0.3, -0.25) is 0 Å². The van der Waals surface area contributed by atoms with Crippen LogP contribution >= 0.6 is 23.2 Å². The maximum Gasteiger partial charge on any atom is 0.335 e. The van der Waals surface area contributed by atoms with Gasteiger partial charge >= 0.3 is 5.97 Å². The molecule has 0 spiro atoms. The molecule has 2 rings (SSSR count). The third kappa shape index (κ3) is 3.80. The first kappa shape index (κ1) is 15.5. The van der Waals surface area contributed by atoms with E-state index in [-0.39, 0.29) is 17.2 Å². The van der Waals surface area contributed by atoms with E-state index < -0.39 is 5.97 Å². The molecule has 1 N–H and O–H groups in total. The van der Waals surface area contributed by atoms with Gasteiger partial charge in [-0.1, -0.05) is 23.2 Å². The first-order valence-corrected chi connectivity index (χ1v) is 6.75. The second-order valence-corrected chi connectivity index (χ2v) is 5.04. The molecule has 0 saturated carbocycles. The Balaban J connectivity index is 2.17. The van der Waals surface area contributed by atoms with E-state index in [1.807, 2.05) is 0 Å². The van der Waals surface area contributed by atoms with Crippen LogP contribution in [0.15, 0.2) is 36.4 Å². The molecule has 21 heavy (non-hydrogen) atoms. The van der Waals surface area contributed by atoms with Crippen LogP contribution in [0.1, 0.15) is 15.9 Å². The molecule has 0 aliphatic carbocycles. The Morgan fingerprint density at radius 3 is 2.48 bits per heavy atom. The van der Waals surface area contributed by atoms with Gasteiger partial charge in [-0.15, -0.1) is 0 Å². The second-order valence-electron chi connectivity index (χ2n) is 4.20. The number of carboxylic acids is 1. The molecule has 4 nitrogen and oxygen atoms in total. The number of benzene rings is 2. The quantitative estimate of drug-likeness (QED) is 0.890. The van der Waals surface area contributed by atoms with E-state index in [4.69, 9.17) is 37.8 Å². The Kier molecular flexibility index (Phi) is 4.94. The van der Waals surface area contributed by atoms with Crippen LogP contribution in [0.3, 0.4) is 0 Å². The lowest BCUT2D eigenvalue weighted by Gasteiger charge is -2.12. The molecule has 0 amide bonds. The number of halogens is 2. The number of carbonyl (C=O) groups is 1. The van der Waals surface area contributed by atoms with Crippen molar-refractivity contribution in [2.24, 2.45) is 0 Å². The molecule has 0 fully saturated rings. The summed E-state index contributed by atoms with van der Waals surface area (Å²) >= 11 is 11.9. The smallest absolute Gasteiger partial charge is 0.335 e. The summed E-state index contributed by atoms with van der Waals surface area (Å²) in [6.45, 7) is 0.204. The van der Waals surface area contributed by atoms with Gasteiger partial charge in [-0.25, -0.2) is 4.79 Å². The van der Waals surface area contributed by atoms with Crippen molar-refractivity contribution in [3.63, 3.8) is 0 Å². The molecule has 0 radical (unpaired) electrons. The summed E-state index contributed by atoms with van der Waals surface area (Å²) in [4.78, 5) is 10.8. The third-order valence-corrected chi connectivity index (χ3v) is 3.33. The average molecular weight is 327 g/mol. The van der Waals surface area contributed by atoms with Gasteiger partial charge in [-0.2, -0.15) is 0 Å². The van der Waals surface area contributed by atoms with E-state index >= 15 is 0 Å². The molecular formula is C15H12Cl2O4. The Morgan fingerprint density at radius 1 is 1.14 bits per heavy atom. The van der Waals surface area contributed by atoms with Gasteiger partial charge in [0.05, 0.1) is 17.7 Å². The van der Waals surface area contributed by atoms with E-state index in [1.54, 1.807) is 25.3 Å². The summed E-state index contributed by atoms with van der Waals surface area (Å²) in [5.74, 6) is 0.00124. The van der Waals surface area contributed by atoms with Crippen molar-refractivity contribution in [2.75, 3.05) is 7.11 Å². The number of carboxylic acid groups (broad SMARTS) is 1. The van der Waals surface area contributed by atoms with Crippen LogP contribution in [0.5, 0.6) is 11.5 Å². The molecule has 0 aromatic heterocycles. The predicted octanol–water partition coefficient (Wildman–Crippen LogP) is 4.28. The summed E-state index contributed by atoms with van der Waals surface area (Å²) in [6, 6.07) is 9.49. The number of aromatic carboxylic acids is 1. The fourth-order valence-corrected chi connectivity index (χ4v) is 2.20. The van der Waals surface area contributed by atoms with Gasteiger partial charge < -0.3 is 14.6 Å². The number of hydrogen-bond acceptors (Lipinski definition) is 3. The molecule has 0 heterocycles. The number of ether oxygens (including phenoxy) is 2. The highest BCUT2D eigenvalue weighted by Crippen LogP contribution is 2.28. The van der Waals surface area contributed by atoms with Crippen molar-refractivity contribution in [1.82, 2.24) is 0 Å². The Bertz CT molecular complexity index is 671. The van der Waals surface area contributed by atoms with Gasteiger partial charge in [0.25, 0.3) is 0 Å². The zero-order chi connectivity index (χ0) is 15.4. The fraction of sp³-hybridized carbons (Fsp3) is 0.133. The summed E-state index contributed by atoms with van der Waals surface area (Å²) in [5, 5.41) is 9.68. The monoisotopic (exact) mass is 326 g/mol. The third-order valence-electron chi connectivity index (χ3n) is 2.80. The average Bonchev–Trinajstić information content (AvgIpc) is 2.46. The van der Waals surface area contributed by atoms with Gasteiger partial charge in [0.15, 0.2) is 0 Å². The van der Waals surface area contributed by atoms with E-state index in [0.29, 0.717) is 16.5 Å². The van der Waals surface area contributed by atoms with Crippen LogP contribution in [0.25, 0.3) is 0 Å². The lowest BCUT2D eigenvalue weighted by atomic mass is 10.2. The molecule has 0 bridgehead atoms. The minimum Gasteiger partial charge on any atom is -0.496 e. The lowest BCUT2D eigenvalue weighted by molar-refractivity contribution is 0.0697. The molecule has 110 valence electrons. The largest absolute Gasteiger partial charge is 0.496 e. The molecule has 2 aromatic rings. The molecule has 0 aliphatic rings. The maximum atomic E-state index is 10.8. The van der Waals surface area contributed by atoms with Gasteiger partial charge in [0.1, 0.15) is 18.1 Å². The molecule has 0 atom stereocenters. The highest BCUT2D eigenvalue weighted by Gasteiger charge is 2.10. The van der Waals surface area contributed by atoms with Gasteiger partial charge in [0.2, 0.25) is 0 Å². The molecule has 2 aromatic carbocycles. The normalized spacial score (nSPS) is 10.2. The van der Waals surface area contributed by atoms with Gasteiger partial charge in [0, 0.05) is 10.6 Å². The number of methoxy groups -OCH3 is 1. The summed E-state index contributed by atoms with van der Waals surface area (Å²) < 4.78 is 10.8. The van der Waals surface area contributed by atoms with Crippen molar-refractivity contribution >= 4 is 29.2 Å². The summed E-state index contributed by atoms with van der Waals surface area (Å²) in [5.41, 5.74) is 0.871. The minimum atomic E-state index is -1.04. The van der Waals surface area contributed by atoms with Gasteiger partial charge in [-0.05, 0) is 36.4 Å². The Hall–Kier alpha value is -1.91. The van der Waals surface area contributed by atoms with Crippen molar-refractivity contribution in [2.45, 2.75) is 6.61 Å². The van der Waals surface area contributed by atoms with Crippen LogP contribution in [0, 0.1) is 0 Å². The molecular weight excluding hydrogens is 315 g/mol. The van der Waals surface area contributed by atoms with E-state index in [2.05, 4.69) is 0 Å². The van der Waals surface area contributed by atoms with E-state index in [0.717, 1.165) is 5.56 Å². The molecule has 0 aliphatic heterocycles. The van der Waals surface area contributed by atoms with Crippen molar-refractivity contribution < 1.29 is 19.4 Å². The van der Waals surface area contributed by atoms with Crippen LogP contribution in [0.2, 0.25) is 10.0 Å². The zero-order valence-electron chi connectivity index (χ0n) is 11.1. The zero-order valence-corrected chi connectivity index (χ0v) is 12.6. The number of hydrogen-bond donors (Lipinski definition) is 1. The Morgan fingerprint density at radius 2 is 1.86 bits per heavy atom. The first-order chi connectivity index (χ1) is 10.0. The fourth-order valence-electron chi connectivity index (χ4n) is 1.77. The molecule has 6 heteroatoms. The molecule has 0 unspecified atom stereocenters. The van der Waals surface area contributed by atoms with Crippen LogP contribution in [0.4, 0.5) is 0 Å². The predicted molar refractivity (Wildman–Crippen MR) is 80.7 cm³/mol. The SMILES string of the molecule is COc1ccc(Cl)cc1COc1ccc(C(=O)O)cc1Cl. The lowest BCUT2D eigenvalue weighted by Crippen LogP contribution is -2.01. The standard InChI is InChI=1S/C15H12Cl2O4/c1-20-13-5-3-11(16)6-10(13)8-21-14-4-2-9(15(18)19)7-12(14)17/h2-7H,8H2,1H3,(H,18,19). The van der Waals surface area contributed by atoms with Crippen molar-refractivity contribution in [3.8, 4) is 11.5 Å². The van der Waals surface area contributed by atoms with E-state index in [1.165, 1.54) is 18.2 Å². The summed E-state index contributed by atoms with van der Waals surface area (Å²) in [7, 11) is 1.56. The summed E-state index contributed by atoms with van der Waals surface area (Å²) in [6.07, 6.45) is 0. The van der Waals surface area contributed by atoms with Crippen LogP contribution in [-0.4, -0.2) is 18.2 Å². The van der Waals surface area contributed by atoms with Crippen molar-refractivity contribution in [3.05, 3.63) is 57.6 Å². The van der Waals surface area contributed by atoms with E-state index in [9.17, 15) is 4.79 Å². The van der Waals surface area contributed by atoms with Crippen LogP contribution < -0.4 is 9.47 Å². The number of rotatable bonds is 5. The maximum absolute atomic E-state index is 10.8. The Labute approximate surface area is 131 Å². The highest BCUT2D eigenvalue weighted by molar-refractivity contribution is 6.32.